The SMILES string of the molecule is CC(C)(c1cccc(-n2[c-]cc(-c3ccccc3)c2-c2ccccc2)n1)c1cccc(-n2[c-]cc(-c3ccccc3)c2-c2ccccc2)n1.[Pd+2]. The summed E-state index contributed by atoms with van der Waals surface area (Å²) < 4.78 is 4.15. The van der Waals surface area contributed by atoms with Crippen molar-refractivity contribution in [2.24, 2.45) is 0 Å². The summed E-state index contributed by atoms with van der Waals surface area (Å²) in [6.45, 7) is 4.37. The molecule has 0 radical (unpaired) electrons. The molecule has 4 nitrogen and oxygen atoms in total. The van der Waals surface area contributed by atoms with Crippen molar-refractivity contribution >= 4 is 0 Å². The van der Waals surface area contributed by atoms with Gasteiger partial charge in [0.05, 0.1) is 11.6 Å². The van der Waals surface area contributed by atoms with Gasteiger partial charge in [-0.2, -0.15) is 0 Å². The Morgan fingerprint density at radius 3 is 1.12 bits per heavy atom. The van der Waals surface area contributed by atoms with Crippen molar-refractivity contribution in [3.05, 3.63) is 194 Å². The van der Waals surface area contributed by atoms with Crippen molar-refractivity contribution in [3.63, 3.8) is 0 Å². The minimum atomic E-state index is -0.503. The zero-order valence-corrected chi connectivity index (χ0v) is 29.3. The van der Waals surface area contributed by atoms with E-state index in [9.17, 15) is 0 Å². The summed E-state index contributed by atoms with van der Waals surface area (Å²) in [4.78, 5) is 10.5. The molecule has 0 aliphatic carbocycles. The first-order chi connectivity index (χ1) is 24.1. The van der Waals surface area contributed by atoms with Gasteiger partial charge in [-0.15, -0.1) is 23.3 Å². The van der Waals surface area contributed by atoms with Crippen LogP contribution < -0.4 is 0 Å². The number of rotatable bonds is 8. The normalized spacial score (nSPS) is 11.2. The summed E-state index contributed by atoms with van der Waals surface area (Å²) in [5.74, 6) is 1.61. The van der Waals surface area contributed by atoms with E-state index < -0.39 is 5.41 Å². The van der Waals surface area contributed by atoms with E-state index in [1.54, 1.807) is 0 Å². The number of pyridine rings is 2. The third-order valence-electron chi connectivity index (χ3n) is 9.11. The van der Waals surface area contributed by atoms with Gasteiger partial charge in [0.15, 0.2) is 0 Å². The minimum absolute atomic E-state index is 0. The second-order valence-corrected chi connectivity index (χ2v) is 12.6. The average molecular weight is 737 g/mol. The number of hydrogen-bond acceptors (Lipinski definition) is 2. The van der Waals surface area contributed by atoms with Crippen LogP contribution in [-0.4, -0.2) is 19.1 Å². The van der Waals surface area contributed by atoms with Gasteiger partial charge in [-0.1, -0.05) is 192 Å². The van der Waals surface area contributed by atoms with Crippen LogP contribution in [0.25, 0.3) is 56.4 Å². The molecule has 0 N–H and O–H groups in total. The number of aromatic nitrogens is 4. The summed E-state index contributed by atoms with van der Waals surface area (Å²) in [5.41, 5.74) is 10.2. The van der Waals surface area contributed by atoms with Gasteiger partial charge >= 0.3 is 20.4 Å². The minimum Gasteiger partial charge on any atom is -0.428 e. The molecule has 0 amide bonds. The maximum Gasteiger partial charge on any atom is 2.00 e. The van der Waals surface area contributed by atoms with E-state index in [1.165, 1.54) is 0 Å². The fraction of sp³-hybridized carbons (Fsp3) is 0.0667. The van der Waals surface area contributed by atoms with Gasteiger partial charge < -0.3 is 9.13 Å². The zero-order valence-electron chi connectivity index (χ0n) is 27.8. The molecule has 0 aliphatic rings. The molecule has 0 bridgehead atoms. The van der Waals surface area contributed by atoms with E-state index in [2.05, 4.69) is 169 Å². The van der Waals surface area contributed by atoms with Crippen molar-refractivity contribution in [1.29, 1.82) is 0 Å². The first kappa shape index (κ1) is 32.9. The second kappa shape index (κ2) is 14.1. The van der Waals surface area contributed by atoms with E-state index in [0.29, 0.717) is 0 Å². The van der Waals surface area contributed by atoms with Crippen LogP contribution in [0, 0.1) is 12.4 Å². The van der Waals surface area contributed by atoms with Crippen LogP contribution in [-0.2, 0) is 25.8 Å². The Hall–Kier alpha value is -5.60. The Balaban J connectivity index is 0.00000392. The molecular weight excluding hydrogens is 703 g/mol. The Morgan fingerprint density at radius 2 is 0.760 bits per heavy atom. The van der Waals surface area contributed by atoms with Crippen molar-refractivity contribution < 1.29 is 20.4 Å². The quantitative estimate of drug-likeness (QED) is 0.115. The fourth-order valence-electron chi connectivity index (χ4n) is 6.49. The van der Waals surface area contributed by atoms with Gasteiger partial charge in [0, 0.05) is 16.8 Å². The van der Waals surface area contributed by atoms with Gasteiger partial charge in [0.2, 0.25) is 0 Å². The summed E-state index contributed by atoms with van der Waals surface area (Å²) in [6, 6.07) is 58.4. The molecule has 4 aromatic heterocycles. The van der Waals surface area contributed by atoms with Gasteiger partial charge in [0.25, 0.3) is 0 Å². The summed E-state index contributed by atoms with van der Waals surface area (Å²) in [6.07, 6.45) is 7.01. The average Bonchev–Trinajstić information content (AvgIpc) is 3.83. The predicted molar refractivity (Wildman–Crippen MR) is 199 cm³/mol. The smallest absolute Gasteiger partial charge is 0.428 e. The molecule has 244 valence electrons. The van der Waals surface area contributed by atoms with E-state index in [0.717, 1.165) is 67.8 Å². The van der Waals surface area contributed by atoms with Crippen LogP contribution in [0.5, 0.6) is 0 Å². The molecule has 0 saturated carbocycles. The molecule has 0 spiro atoms. The van der Waals surface area contributed by atoms with Crippen molar-refractivity contribution in [2.45, 2.75) is 19.3 Å². The largest absolute Gasteiger partial charge is 2.00 e. The molecule has 4 heterocycles. The monoisotopic (exact) mass is 736 g/mol. The molecule has 0 fully saturated rings. The summed E-state index contributed by atoms with van der Waals surface area (Å²) in [7, 11) is 0. The molecule has 8 rings (SSSR count). The number of nitrogens with zero attached hydrogens (tertiary/aromatic N) is 4. The Kier molecular flexibility index (Phi) is 9.28. The van der Waals surface area contributed by atoms with Gasteiger partial charge in [-0.05, 0) is 26.0 Å². The maximum atomic E-state index is 5.27. The Labute approximate surface area is 307 Å². The van der Waals surface area contributed by atoms with Crippen LogP contribution >= 0.6 is 0 Å². The Morgan fingerprint density at radius 1 is 0.420 bits per heavy atom. The van der Waals surface area contributed by atoms with Gasteiger partial charge in [-0.3, -0.25) is 9.97 Å². The first-order valence-electron chi connectivity index (χ1n) is 16.5. The topological polar surface area (TPSA) is 35.6 Å². The molecule has 0 aliphatic heterocycles. The zero-order chi connectivity index (χ0) is 33.2. The van der Waals surface area contributed by atoms with Crippen LogP contribution in [0.15, 0.2) is 170 Å². The molecule has 0 saturated heterocycles. The van der Waals surface area contributed by atoms with E-state index in [4.69, 9.17) is 9.97 Å². The van der Waals surface area contributed by atoms with Crippen molar-refractivity contribution in [3.8, 4) is 56.4 Å². The van der Waals surface area contributed by atoms with Crippen LogP contribution in [0.4, 0.5) is 0 Å². The second-order valence-electron chi connectivity index (χ2n) is 12.6. The fourth-order valence-corrected chi connectivity index (χ4v) is 6.49. The van der Waals surface area contributed by atoms with Crippen molar-refractivity contribution in [1.82, 2.24) is 19.1 Å². The maximum absolute atomic E-state index is 5.27. The number of hydrogen-bond donors (Lipinski definition) is 0. The predicted octanol–water partition coefficient (Wildman–Crippen LogP) is 10.6. The van der Waals surface area contributed by atoms with E-state index >= 15 is 0 Å². The molecule has 8 aromatic rings. The summed E-state index contributed by atoms with van der Waals surface area (Å²) in [5, 5.41) is 0. The summed E-state index contributed by atoms with van der Waals surface area (Å²) >= 11 is 0. The van der Waals surface area contributed by atoms with Gasteiger partial charge in [0.1, 0.15) is 0 Å². The van der Waals surface area contributed by atoms with Crippen molar-refractivity contribution in [2.75, 3.05) is 0 Å². The van der Waals surface area contributed by atoms with Crippen LogP contribution in [0.3, 0.4) is 0 Å². The van der Waals surface area contributed by atoms with E-state index in [-0.39, 0.29) is 20.4 Å². The molecule has 5 heteroatoms. The van der Waals surface area contributed by atoms with E-state index in [1.807, 2.05) is 36.4 Å². The third-order valence-corrected chi connectivity index (χ3v) is 9.11. The van der Waals surface area contributed by atoms with Gasteiger partial charge in [-0.25, -0.2) is 0 Å². The molecule has 50 heavy (non-hydrogen) atoms. The third kappa shape index (κ3) is 6.19. The van der Waals surface area contributed by atoms with Crippen LogP contribution in [0.1, 0.15) is 25.2 Å². The molecule has 4 aromatic carbocycles. The standard InChI is InChI=1S/C45H34N4.Pd/c1-45(2,39-25-15-27-41(46-39)48-31-29-37(33-17-7-3-8-18-33)43(48)35-21-11-5-12-22-35)40-26-16-28-42(47-40)49-32-30-38(34-19-9-4-10-20-34)44(49)36-23-13-6-14-24-36;/h3-30H,1-2H3;/q-2;+2. The first-order valence-corrected chi connectivity index (χ1v) is 16.5. The van der Waals surface area contributed by atoms with Crippen LogP contribution in [0.2, 0.25) is 0 Å². The Bertz CT molecular complexity index is 2180. The molecular formula is C45H34N4Pd. The molecule has 0 atom stereocenters. The molecule has 0 unspecified atom stereocenters. The number of benzene rings is 4.